The molecule has 2 rings (SSSR count). The molecule has 0 amide bonds. The van der Waals surface area contributed by atoms with Crippen LogP contribution >= 0.6 is 24.0 Å². The summed E-state index contributed by atoms with van der Waals surface area (Å²) in [7, 11) is 5.92. The lowest BCUT2D eigenvalue weighted by Crippen LogP contribution is -2.38. The monoisotopic (exact) mass is 460 g/mol. The standard InChI is InChI=1S/C16H28N8.HI/c1-7-17-16(18-8-14-20-19-11-23(14)5)22(4)9-13-10-24(6)21-15(13)12(2)3;/h10-12H,7-9H2,1-6H3,(H,17,18);1H. The molecule has 0 aliphatic carbocycles. The van der Waals surface area contributed by atoms with Crippen molar-refractivity contribution in [3.8, 4) is 0 Å². The van der Waals surface area contributed by atoms with E-state index in [9.17, 15) is 0 Å². The second kappa shape index (κ2) is 9.73. The molecule has 2 heterocycles. The van der Waals surface area contributed by atoms with Crippen molar-refractivity contribution in [2.75, 3.05) is 13.6 Å². The summed E-state index contributed by atoms with van der Waals surface area (Å²) in [4.78, 5) is 6.79. The highest BCUT2D eigenvalue weighted by Gasteiger charge is 2.15. The molecular weight excluding hydrogens is 431 g/mol. The molecule has 2 aromatic heterocycles. The number of aromatic nitrogens is 5. The van der Waals surface area contributed by atoms with E-state index in [1.165, 1.54) is 5.56 Å². The highest BCUT2D eigenvalue weighted by atomic mass is 127. The lowest BCUT2D eigenvalue weighted by molar-refractivity contribution is 0.472. The smallest absolute Gasteiger partial charge is 0.194 e. The molecule has 0 fully saturated rings. The molecule has 0 aliphatic heterocycles. The molecule has 0 aromatic carbocycles. The zero-order chi connectivity index (χ0) is 17.7. The van der Waals surface area contributed by atoms with E-state index >= 15 is 0 Å². The van der Waals surface area contributed by atoms with Crippen molar-refractivity contribution < 1.29 is 0 Å². The van der Waals surface area contributed by atoms with Crippen LogP contribution in [0.15, 0.2) is 17.5 Å². The van der Waals surface area contributed by atoms with Crippen molar-refractivity contribution in [1.29, 1.82) is 0 Å². The number of halogens is 1. The summed E-state index contributed by atoms with van der Waals surface area (Å²) in [5, 5.41) is 15.9. The number of rotatable bonds is 6. The van der Waals surface area contributed by atoms with E-state index < -0.39 is 0 Å². The van der Waals surface area contributed by atoms with Crippen LogP contribution in [0.2, 0.25) is 0 Å². The van der Waals surface area contributed by atoms with E-state index in [4.69, 9.17) is 0 Å². The number of aliphatic imine (C=N–C) groups is 1. The van der Waals surface area contributed by atoms with Gasteiger partial charge in [0.05, 0.1) is 5.69 Å². The molecule has 0 saturated carbocycles. The largest absolute Gasteiger partial charge is 0.357 e. The van der Waals surface area contributed by atoms with Gasteiger partial charge >= 0.3 is 0 Å². The molecule has 0 aliphatic rings. The SMILES string of the molecule is CCNC(=NCc1nncn1C)N(C)Cc1cn(C)nc1C(C)C.I. The van der Waals surface area contributed by atoms with E-state index in [2.05, 4.69) is 57.5 Å². The first-order valence-corrected chi connectivity index (χ1v) is 8.27. The predicted molar refractivity (Wildman–Crippen MR) is 110 cm³/mol. The maximum absolute atomic E-state index is 4.68. The van der Waals surface area contributed by atoms with Gasteiger partial charge in [-0.2, -0.15) is 5.10 Å². The number of aryl methyl sites for hydroxylation is 2. The first kappa shape index (κ1) is 21.4. The minimum Gasteiger partial charge on any atom is -0.357 e. The first-order valence-electron chi connectivity index (χ1n) is 8.27. The average molecular weight is 460 g/mol. The number of hydrogen-bond donors (Lipinski definition) is 1. The summed E-state index contributed by atoms with van der Waals surface area (Å²) in [6.45, 7) is 8.46. The predicted octanol–water partition coefficient (Wildman–Crippen LogP) is 1.89. The molecule has 9 heteroatoms. The minimum absolute atomic E-state index is 0. The van der Waals surface area contributed by atoms with E-state index in [1.54, 1.807) is 6.33 Å². The Bertz CT molecular complexity index is 688. The normalized spacial score (nSPS) is 11.6. The molecule has 0 radical (unpaired) electrons. The van der Waals surface area contributed by atoms with Gasteiger partial charge in [0.2, 0.25) is 0 Å². The van der Waals surface area contributed by atoms with Crippen LogP contribution in [-0.4, -0.2) is 49.0 Å². The maximum atomic E-state index is 4.68. The number of guanidine groups is 1. The van der Waals surface area contributed by atoms with Crippen molar-refractivity contribution in [2.45, 2.75) is 39.8 Å². The first-order chi connectivity index (χ1) is 11.4. The van der Waals surface area contributed by atoms with Crippen LogP contribution in [0.3, 0.4) is 0 Å². The number of nitrogens with zero attached hydrogens (tertiary/aromatic N) is 7. The molecule has 0 unspecified atom stereocenters. The zero-order valence-electron chi connectivity index (χ0n) is 15.9. The third-order valence-electron chi connectivity index (χ3n) is 3.76. The molecule has 8 nitrogen and oxygen atoms in total. The van der Waals surface area contributed by atoms with E-state index in [0.717, 1.165) is 30.6 Å². The van der Waals surface area contributed by atoms with Gasteiger partial charge in [0.1, 0.15) is 12.9 Å². The third kappa shape index (κ3) is 5.68. The highest BCUT2D eigenvalue weighted by Crippen LogP contribution is 2.18. The summed E-state index contributed by atoms with van der Waals surface area (Å²) >= 11 is 0. The molecule has 0 spiro atoms. The van der Waals surface area contributed by atoms with E-state index in [-0.39, 0.29) is 24.0 Å². The van der Waals surface area contributed by atoms with Crippen molar-refractivity contribution in [2.24, 2.45) is 19.1 Å². The average Bonchev–Trinajstić information content (AvgIpc) is 3.09. The summed E-state index contributed by atoms with van der Waals surface area (Å²) in [6.07, 6.45) is 3.77. The Labute approximate surface area is 166 Å². The fourth-order valence-corrected chi connectivity index (χ4v) is 2.56. The van der Waals surface area contributed by atoms with Crippen LogP contribution < -0.4 is 5.32 Å². The van der Waals surface area contributed by atoms with Gasteiger partial charge in [-0.25, -0.2) is 4.99 Å². The van der Waals surface area contributed by atoms with Gasteiger partial charge in [-0.05, 0) is 12.8 Å². The molecule has 0 atom stereocenters. The van der Waals surface area contributed by atoms with Gasteiger partial charge in [-0.1, -0.05) is 13.8 Å². The fourth-order valence-electron chi connectivity index (χ4n) is 2.56. The van der Waals surface area contributed by atoms with Crippen molar-refractivity contribution in [3.63, 3.8) is 0 Å². The van der Waals surface area contributed by atoms with Crippen LogP contribution in [0.1, 0.15) is 43.8 Å². The molecule has 25 heavy (non-hydrogen) atoms. The van der Waals surface area contributed by atoms with Gasteiger partial charge in [-0.15, -0.1) is 34.2 Å². The summed E-state index contributed by atoms with van der Waals surface area (Å²) in [5.74, 6) is 2.08. The summed E-state index contributed by atoms with van der Waals surface area (Å²) in [6, 6.07) is 0. The van der Waals surface area contributed by atoms with Crippen LogP contribution in [0, 0.1) is 0 Å². The molecule has 140 valence electrons. The van der Waals surface area contributed by atoms with Crippen LogP contribution in [0.5, 0.6) is 0 Å². The van der Waals surface area contributed by atoms with Crippen LogP contribution in [0.25, 0.3) is 0 Å². The molecule has 0 saturated heterocycles. The Morgan fingerprint density at radius 2 is 2.08 bits per heavy atom. The highest BCUT2D eigenvalue weighted by molar-refractivity contribution is 14.0. The van der Waals surface area contributed by atoms with Crippen molar-refractivity contribution in [1.82, 2.24) is 34.8 Å². The molecule has 1 N–H and O–H groups in total. The Morgan fingerprint density at radius 1 is 1.36 bits per heavy atom. The summed E-state index contributed by atoms with van der Waals surface area (Å²) < 4.78 is 3.76. The fraction of sp³-hybridized carbons (Fsp3) is 0.625. The molecule has 2 aromatic rings. The Hall–Kier alpha value is -1.65. The van der Waals surface area contributed by atoms with E-state index in [0.29, 0.717) is 12.5 Å². The van der Waals surface area contributed by atoms with Gasteiger partial charge in [0.15, 0.2) is 11.8 Å². The van der Waals surface area contributed by atoms with Gasteiger partial charge < -0.3 is 14.8 Å². The molecular formula is C16H29IN8. The lowest BCUT2D eigenvalue weighted by Gasteiger charge is -2.22. The van der Waals surface area contributed by atoms with Gasteiger partial charge in [0.25, 0.3) is 0 Å². The van der Waals surface area contributed by atoms with Gasteiger partial charge in [0, 0.05) is 46.0 Å². The second-order valence-corrected chi connectivity index (χ2v) is 6.25. The topological polar surface area (TPSA) is 76.2 Å². The lowest BCUT2D eigenvalue weighted by atomic mass is 10.1. The van der Waals surface area contributed by atoms with Gasteiger partial charge in [-0.3, -0.25) is 4.68 Å². The third-order valence-corrected chi connectivity index (χ3v) is 3.76. The number of hydrogen-bond acceptors (Lipinski definition) is 4. The maximum Gasteiger partial charge on any atom is 0.194 e. The van der Waals surface area contributed by atoms with Crippen molar-refractivity contribution in [3.05, 3.63) is 29.6 Å². The van der Waals surface area contributed by atoms with E-state index in [1.807, 2.05) is 30.4 Å². The minimum atomic E-state index is 0. The zero-order valence-corrected chi connectivity index (χ0v) is 18.2. The Balaban J connectivity index is 0.00000312. The van der Waals surface area contributed by atoms with Crippen LogP contribution in [-0.2, 0) is 27.2 Å². The quantitative estimate of drug-likeness (QED) is 0.405. The Kier molecular flexibility index (Phi) is 8.33. The Morgan fingerprint density at radius 3 is 2.64 bits per heavy atom. The van der Waals surface area contributed by atoms with Crippen molar-refractivity contribution >= 4 is 29.9 Å². The second-order valence-electron chi connectivity index (χ2n) is 6.25. The molecule has 0 bridgehead atoms. The number of nitrogens with one attached hydrogen (secondary N) is 1. The summed E-state index contributed by atoms with van der Waals surface area (Å²) in [5.41, 5.74) is 2.35. The van der Waals surface area contributed by atoms with Crippen LogP contribution in [0.4, 0.5) is 0 Å².